The van der Waals surface area contributed by atoms with Crippen molar-refractivity contribution in [3.05, 3.63) is 78.4 Å². The molecule has 154 valence electrons. The highest BCUT2D eigenvalue weighted by atomic mass is 35.5. The minimum atomic E-state index is -0.473. The number of benzene rings is 2. The highest BCUT2D eigenvalue weighted by Crippen LogP contribution is 2.24. The van der Waals surface area contributed by atoms with Crippen LogP contribution in [0.4, 0.5) is 0 Å². The summed E-state index contributed by atoms with van der Waals surface area (Å²) in [7, 11) is 0. The van der Waals surface area contributed by atoms with E-state index in [4.69, 9.17) is 5.73 Å². The minimum absolute atomic E-state index is 0. The maximum atomic E-state index is 12.3. The van der Waals surface area contributed by atoms with Crippen molar-refractivity contribution in [2.75, 3.05) is 0 Å². The molecule has 2 atom stereocenters. The summed E-state index contributed by atoms with van der Waals surface area (Å²) < 4.78 is 2.04. The second-order valence-electron chi connectivity index (χ2n) is 7.22. The van der Waals surface area contributed by atoms with Gasteiger partial charge in [-0.1, -0.05) is 68.8 Å². The van der Waals surface area contributed by atoms with Crippen LogP contribution in [0.3, 0.4) is 0 Å². The fraction of sp³-hybridized carbons (Fsp3) is 0.304. The summed E-state index contributed by atoms with van der Waals surface area (Å²) in [6, 6.07) is 16.2. The largest absolute Gasteiger partial charge is 0.351 e. The molecule has 29 heavy (non-hydrogen) atoms. The maximum Gasteiger partial charge on any atom is 0.237 e. The SMILES string of the molecule is CCC(C)C(N)C(=O)NCc1ccccc1-c1ccc(Cn2ccnc2)cc1.Cl. The lowest BCUT2D eigenvalue weighted by Crippen LogP contribution is -2.44. The third-order valence-corrected chi connectivity index (χ3v) is 5.22. The third-order valence-electron chi connectivity index (χ3n) is 5.22. The van der Waals surface area contributed by atoms with Gasteiger partial charge in [0.15, 0.2) is 0 Å². The molecule has 0 saturated carbocycles. The highest BCUT2D eigenvalue weighted by molar-refractivity contribution is 5.85. The number of amides is 1. The standard InChI is InChI=1S/C23H28N4O.ClH/c1-3-17(2)22(24)23(28)26-14-20-6-4-5-7-21(20)19-10-8-18(9-11-19)15-27-13-12-25-16-27;/h4-13,16-17,22H,3,14-15,24H2,1-2H3,(H,26,28);1H. The first-order valence-corrected chi connectivity index (χ1v) is 9.74. The Bertz CT molecular complexity index is 894. The van der Waals surface area contributed by atoms with E-state index in [1.165, 1.54) is 5.56 Å². The summed E-state index contributed by atoms with van der Waals surface area (Å²) in [6.07, 6.45) is 6.44. The van der Waals surface area contributed by atoms with Crippen molar-refractivity contribution in [1.82, 2.24) is 14.9 Å². The molecule has 6 heteroatoms. The van der Waals surface area contributed by atoms with Crippen molar-refractivity contribution in [2.24, 2.45) is 11.7 Å². The number of hydrogen-bond acceptors (Lipinski definition) is 3. The molecule has 3 aromatic rings. The molecule has 5 nitrogen and oxygen atoms in total. The summed E-state index contributed by atoms with van der Waals surface area (Å²) in [5.74, 6) is 0.0677. The van der Waals surface area contributed by atoms with Gasteiger partial charge >= 0.3 is 0 Å². The predicted octanol–water partition coefficient (Wildman–Crippen LogP) is 4.01. The topological polar surface area (TPSA) is 72.9 Å². The van der Waals surface area contributed by atoms with E-state index in [-0.39, 0.29) is 24.2 Å². The molecule has 1 amide bonds. The van der Waals surface area contributed by atoms with Crippen LogP contribution in [-0.2, 0) is 17.9 Å². The second kappa shape index (κ2) is 10.8. The Morgan fingerprint density at radius 3 is 2.55 bits per heavy atom. The molecule has 0 saturated heterocycles. The van der Waals surface area contributed by atoms with E-state index < -0.39 is 6.04 Å². The number of carbonyl (C=O) groups is 1. The number of rotatable bonds is 8. The fourth-order valence-corrected chi connectivity index (χ4v) is 3.15. The normalized spacial score (nSPS) is 12.7. The molecule has 2 unspecified atom stereocenters. The van der Waals surface area contributed by atoms with Crippen molar-refractivity contribution in [2.45, 2.75) is 39.4 Å². The summed E-state index contributed by atoms with van der Waals surface area (Å²) in [6.45, 7) is 5.31. The van der Waals surface area contributed by atoms with Crippen LogP contribution in [0.15, 0.2) is 67.3 Å². The zero-order valence-electron chi connectivity index (χ0n) is 16.9. The first-order chi connectivity index (χ1) is 13.6. The molecule has 0 spiro atoms. The van der Waals surface area contributed by atoms with Crippen molar-refractivity contribution in [3.63, 3.8) is 0 Å². The van der Waals surface area contributed by atoms with Gasteiger partial charge in [0, 0.05) is 25.5 Å². The average Bonchev–Trinajstić information content (AvgIpc) is 3.24. The fourth-order valence-electron chi connectivity index (χ4n) is 3.15. The van der Waals surface area contributed by atoms with Crippen molar-refractivity contribution < 1.29 is 4.79 Å². The van der Waals surface area contributed by atoms with Crippen LogP contribution in [-0.4, -0.2) is 21.5 Å². The number of nitrogens with one attached hydrogen (secondary N) is 1. The zero-order valence-corrected chi connectivity index (χ0v) is 17.7. The van der Waals surface area contributed by atoms with Gasteiger partial charge in [-0.25, -0.2) is 4.98 Å². The molecule has 1 aromatic heterocycles. The predicted molar refractivity (Wildman–Crippen MR) is 120 cm³/mol. The van der Waals surface area contributed by atoms with Crippen LogP contribution in [0, 0.1) is 5.92 Å². The molecule has 3 rings (SSSR count). The van der Waals surface area contributed by atoms with Gasteiger partial charge in [0.1, 0.15) is 0 Å². The number of nitrogens with two attached hydrogens (primary N) is 1. The number of hydrogen-bond donors (Lipinski definition) is 2. The molecule has 0 aliphatic heterocycles. The number of carbonyl (C=O) groups excluding carboxylic acids is 1. The smallest absolute Gasteiger partial charge is 0.237 e. The third kappa shape index (κ3) is 5.92. The Balaban J connectivity index is 0.00000300. The molecule has 1 heterocycles. The van der Waals surface area contributed by atoms with E-state index in [2.05, 4.69) is 40.6 Å². The molecular formula is C23H29ClN4O. The molecule has 0 bridgehead atoms. The van der Waals surface area contributed by atoms with Gasteiger partial charge in [0.05, 0.1) is 12.4 Å². The van der Waals surface area contributed by atoms with Gasteiger partial charge < -0.3 is 15.6 Å². The van der Waals surface area contributed by atoms with Gasteiger partial charge in [-0.05, 0) is 28.2 Å². The molecule has 3 N–H and O–H groups in total. The Morgan fingerprint density at radius 2 is 1.90 bits per heavy atom. The number of halogens is 1. The van der Waals surface area contributed by atoms with Crippen LogP contribution in [0.5, 0.6) is 0 Å². The van der Waals surface area contributed by atoms with E-state index in [1.807, 2.05) is 49.1 Å². The van der Waals surface area contributed by atoms with Gasteiger partial charge in [0.25, 0.3) is 0 Å². The van der Waals surface area contributed by atoms with E-state index in [0.29, 0.717) is 6.54 Å². The van der Waals surface area contributed by atoms with Crippen LogP contribution >= 0.6 is 12.4 Å². The molecule has 2 aromatic carbocycles. The van der Waals surface area contributed by atoms with Gasteiger partial charge in [0.2, 0.25) is 5.91 Å². The van der Waals surface area contributed by atoms with Gasteiger partial charge in [-0.2, -0.15) is 0 Å². The van der Waals surface area contributed by atoms with Crippen molar-refractivity contribution >= 4 is 18.3 Å². The Hall–Kier alpha value is -2.63. The minimum Gasteiger partial charge on any atom is -0.351 e. The van der Waals surface area contributed by atoms with Gasteiger partial charge in [-0.3, -0.25) is 4.79 Å². The molecule has 0 aliphatic rings. The quantitative estimate of drug-likeness (QED) is 0.587. The highest BCUT2D eigenvalue weighted by Gasteiger charge is 2.19. The lowest BCUT2D eigenvalue weighted by molar-refractivity contribution is -0.123. The Labute approximate surface area is 178 Å². The second-order valence-corrected chi connectivity index (χ2v) is 7.22. The summed E-state index contributed by atoms with van der Waals surface area (Å²) in [5.41, 5.74) is 10.6. The summed E-state index contributed by atoms with van der Waals surface area (Å²) >= 11 is 0. The summed E-state index contributed by atoms with van der Waals surface area (Å²) in [4.78, 5) is 16.4. The van der Waals surface area contributed by atoms with Crippen molar-refractivity contribution in [3.8, 4) is 11.1 Å². The lowest BCUT2D eigenvalue weighted by Gasteiger charge is -2.18. The van der Waals surface area contributed by atoms with E-state index in [1.54, 1.807) is 6.20 Å². The maximum absolute atomic E-state index is 12.3. The Kier molecular flexibility index (Phi) is 8.43. The van der Waals surface area contributed by atoms with Crippen LogP contribution in [0.1, 0.15) is 31.4 Å². The zero-order chi connectivity index (χ0) is 19.9. The molecule has 0 radical (unpaired) electrons. The molecule has 0 fully saturated rings. The molecule has 0 aliphatic carbocycles. The van der Waals surface area contributed by atoms with E-state index in [9.17, 15) is 4.79 Å². The Morgan fingerprint density at radius 1 is 1.17 bits per heavy atom. The van der Waals surface area contributed by atoms with E-state index in [0.717, 1.165) is 29.7 Å². The number of imidazole rings is 1. The van der Waals surface area contributed by atoms with Crippen LogP contribution in [0.2, 0.25) is 0 Å². The number of aromatic nitrogens is 2. The lowest BCUT2D eigenvalue weighted by atomic mass is 9.97. The van der Waals surface area contributed by atoms with Crippen LogP contribution < -0.4 is 11.1 Å². The van der Waals surface area contributed by atoms with E-state index >= 15 is 0 Å². The first-order valence-electron chi connectivity index (χ1n) is 9.74. The summed E-state index contributed by atoms with van der Waals surface area (Å²) in [5, 5.41) is 2.99. The van der Waals surface area contributed by atoms with Crippen LogP contribution in [0.25, 0.3) is 11.1 Å². The van der Waals surface area contributed by atoms with Crippen molar-refractivity contribution in [1.29, 1.82) is 0 Å². The molecular weight excluding hydrogens is 384 g/mol. The average molecular weight is 413 g/mol. The number of nitrogens with zero attached hydrogens (tertiary/aromatic N) is 2. The first kappa shape index (κ1) is 22.7. The monoisotopic (exact) mass is 412 g/mol. The van der Waals surface area contributed by atoms with Gasteiger partial charge in [-0.15, -0.1) is 12.4 Å².